The number of hydrogen-bond acceptors (Lipinski definition) is 5. The molecule has 0 atom stereocenters. The van der Waals surface area contributed by atoms with Gasteiger partial charge in [-0.25, -0.2) is 4.79 Å². The minimum atomic E-state index is -0.535. The topological polar surface area (TPSA) is 61.8 Å². The second-order valence-corrected chi connectivity index (χ2v) is 6.79. The number of rotatable bonds is 5. The molecule has 4 rings (SSSR count). The van der Waals surface area contributed by atoms with Crippen LogP contribution in [0.5, 0.6) is 11.5 Å². The van der Waals surface area contributed by atoms with Crippen LogP contribution in [-0.2, 0) is 11.3 Å². The normalized spacial score (nSPS) is 12.3. The molecule has 1 aliphatic heterocycles. The molecule has 0 saturated carbocycles. The standard InChI is InChI=1S/C24H20O5/c1-16-6-8-17(9-7-16)15-29-24(26)20-5-3-2-4-19(20)23(25)18-10-11-21-22(14-18)28-13-12-27-21/h2-11,14H,12-13,15H2,1H3. The first-order valence-electron chi connectivity index (χ1n) is 9.38. The maximum atomic E-state index is 13.1. The number of fused-ring (bicyclic) bond motifs is 1. The Morgan fingerprint density at radius 2 is 1.55 bits per heavy atom. The van der Waals surface area contributed by atoms with Crippen LogP contribution in [0.3, 0.4) is 0 Å². The Bertz CT molecular complexity index is 1050. The number of carbonyl (C=O) groups is 2. The molecular weight excluding hydrogens is 368 g/mol. The van der Waals surface area contributed by atoms with Gasteiger partial charge in [-0.2, -0.15) is 0 Å². The molecule has 3 aromatic carbocycles. The number of ketones is 1. The van der Waals surface area contributed by atoms with Crippen molar-refractivity contribution in [1.29, 1.82) is 0 Å². The van der Waals surface area contributed by atoms with Crippen molar-refractivity contribution in [1.82, 2.24) is 0 Å². The lowest BCUT2D eigenvalue weighted by Gasteiger charge is -2.18. The summed E-state index contributed by atoms with van der Waals surface area (Å²) in [6, 6.07) is 19.4. The summed E-state index contributed by atoms with van der Waals surface area (Å²) in [6.07, 6.45) is 0. The fourth-order valence-electron chi connectivity index (χ4n) is 3.11. The highest BCUT2D eigenvalue weighted by Crippen LogP contribution is 2.31. The van der Waals surface area contributed by atoms with Gasteiger partial charge < -0.3 is 14.2 Å². The predicted octanol–water partition coefficient (Wildman–Crippen LogP) is 4.35. The average molecular weight is 388 g/mol. The Morgan fingerprint density at radius 3 is 2.31 bits per heavy atom. The van der Waals surface area contributed by atoms with Crippen molar-refractivity contribution in [2.75, 3.05) is 13.2 Å². The molecule has 29 heavy (non-hydrogen) atoms. The van der Waals surface area contributed by atoms with Crippen molar-refractivity contribution in [2.24, 2.45) is 0 Å². The zero-order valence-electron chi connectivity index (χ0n) is 16.0. The molecule has 0 amide bonds. The molecule has 0 N–H and O–H groups in total. The Kier molecular flexibility index (Phi) is 5.29. The van der Waals surface area contributed by atoms with E-state index in [-0.39, 0.29) is 23.5 Å². The van der Waals surface area contributed by atoms with Crippen molar-refractivity contribution in [3.05, 3.63) is 94.5 Å². The van der Waals surface area contributed by atoms with Gasteiger partial charge in [-0.15, -0.1) is 0 Å². The van der Waals surface area contributed by atoms with E-state index < -0.39 is 5.97 Å². The Labute approximate surface area is 168 Å². The molecular formula is C24H20O5. The van der Waals surface area contributed by atoms with Gasteiger partial charge in [0.15, 0.2) is 17.3 Å². The molecule has 5 heteroatoms. The van der Waals surface area contributed by atoms with Crippen LogP contribution in [0.2, 0.25) is 0 Å². The third kappa shape index (κ3) is 4.14. The van der Waals surface area contributed by atoms with E-state index in [0.29, 0.717) is 30.3 Å². The summed E-state index contributed by atoms with van der Waals surface area (Å²) >= 11 is 0. The maximum absolute atomic E-state index is 13.1. The summed E-state index contributed by atoms with van der Waals surface area (Å²) < 4.78 is 16.5. The monoisotopic (exact) mass is 388 g/mol. The highest BCUT2D eigenvalue weighted by Gasteiger charge is 2.21. The van der Waals surface area contributed by atoms with E-state index in [0.717, 1.165) is 11.1 Å². The minimum Gasteiger partial charge on any atom is -0.486 e. The molecule has 0 bridgehead atoms. The second-order valence-electron chi connectivity index (χ2n) is 6.79. The summed E-state index contributed by atoms with van der Waals surface area (Å²) in [6.45, 7) is 3.06. The summed E-state index contributed by atoms with van der Waals surface area (Å²) in [5, 5.41) is 0. The third-order valence-corrected chi connectivity index (χ3v) is 4.69. The fraction of sp³-hybridized carbons (Fsp3) is 0.167. The molecule has 146 valence electrons. The van der Waals surface area contributed by atoms with Crippen LogP contribution in [0, 0.1) is 6.92 Å². The lowest BCUT2D eigenvalue weighted by molar-refractivity contribution is 0.0470. The van der Waals surface area contributed by atoms with E-state index in [1.165, 1.54) is 0 Å². The molecule has 0 radical (unpaired) electrons. The van der Waals surface area contributed by atoms with Crippen LogP contribution < -0.4 is 9.47 Å². The van der Waals surface area contributed by atoms with Crippen molar-refractivity contribution in [2.45, 2.75) is 13.5 Å². The minimum absolute atomic E-state index is 0.145. The van der Waals surface area contributed by atoms with Crippen LogP contribution in [0.25, 0.3) is 0 Å². The highest BCUT2D eigenvalue weighted by molar-refractivity contribution is 6.14. The van der Waals surface area contributed by atoms with Crippen molar-refractivity contribution >= 4 is 11.8 Å². The van der Waals surface area contributed by atoms with Crippen LogP contribution in [0.15, 0.2) is 66.7 Å². The van der Waals surface area contributed by atoms with E-state index in [1.807, 2.05) is 31.2 Å². The Hall–Kier alpha value is -3.60. The lowest BCUT2D eigenvalue weighted by Crippen LogP contribution is -2.16. The number of aryl methyl sites for hydroxylation is 1. The maximum Gasteiger partial charge on any atom is 0.339 e. The Balaban J connectivity index is 1.55. The third-order valence-electron chi connectivity index (χ3n) is 4.69. The molecule has 0 unspecified atom stereocenters. The zero-order chi connectivity index (χ0) is 20.2. The van der Waals surface area contributed by atoms with E-state index >= 15 is 0 Å². The molecule has 0 saturated heterocycles. The van der Waals surface area contributed by atoms with Gasteiger partial charge >= 0.3 is 5.97 Å². The summed E-state index contributed by atoms with van der Waals surface area (Å²) in [5.41, 5.74) is 2.97. The summed E-state index contributed by atoms with van der Waals surface area (Å²) in [7, 11) is 0. The highest BCUT2D eigenvalue weighted by atomic mass is 16.6. The first-order valence-corrected chi connectivity index (χ1v) is 9.38. The first-order chi connectivity index (χ1) is 14.1. The van der Waals surface area contributed by atoms with Crippen LogP contribution >= 0.6 is 0 Å². The molecule has 3 aromatic rings. The van der Waals surface area contributed by atoms with E-state index in [4.69, 9.17) is 14.2 Å². The number of hydrogen-bond donors (Lipinski definition) is 0. The molecule has 1 heterocycles. The summed E-state index contributed by atoms with van der Waals surface area (Å²) in [5.74, 6) is 0.331. The van der Waals surface area contributed by atoms with E-state index in [2.05, 4.69) is 0 Å². The van der Waals surface area contributed by atoms with Crippen molar-refractivity contribution in [3.8, 4) is 11.5 Å². The fourth-order valence-corrected chi connectivity index (χ4v) is 3.11. The van der Waals surface area contributed by atoms with Gasteiger partial charge in [0.05, 0.1) is 5.56 Å². The average Bonchev–Trinajstić information content (AvgIpc) is 2.77. The Morgan fingerprint density at radius 1 is 0.862 bits per heavy atom. The van der Waals surface area contributed by atoms with Gasteiger partial charge in [0, 0.05) is 11.1 Å². The zero-order valence-corrected chi connectivity index (χ0v) is 16.0. The number of benzene rings is 3. The van der Waals surface area contributed by atoms with Gasteiger partial charge in [-0.1, -0.05) is 48.0 Å². The van der Waals surface area contributed by atoms with Gasteiger partial charge in [0.2, 0.25) is 0 Å². The van der Waals surface area contributed by atoms with Crippen molar-refractivity contribution in [3.63, 3.8) is 0 Å². The molecule has 0 fully saturated rings. The number of ether oxygens (including phenoxy) is 3. The van der Waals surface area contributed by atoms with Crippen LogP contribution in [0.1, 0.15) is 37.4 Å². The molecule has 0 aromatic heterocycles. The van der Waals surface area contributed by atoms with Crippen molar-refractivity contribution < 1.29 is 23.8 Å². The smallest absolute Gasteiger partial charge is 0.339 e. The first kappa shape index (κ1) is 18.7. The van der Waals surface area contributed by atoms with E-state index in [9.17, 15) is 9.59 Å². The summed E-state index contributed by atoms with van der Waals surface area (Å²) in [4.78, 5) is 25.7. The van der Waals surface area contributed by atoms with Gasteiger partial charge in [0.1, 0.15) is 19.8 Å². The quantitative estimate of drug-likeness (QED) is 0.480. The van der Waals surface area contributed by atoms with Gasteiger partial charge in [-0.3, -0.25) is 4.79 Å². The van der Waals surface area contributed by atoms with Crippen LogP contribution in [-0.4, -0.2) is 25.0 Å². The SMILES string of the molecule is Cc1ccc(COC(=O)c2ccccc2C(=O)c2ccc3c(c2)OCCO3)cc1. The second kappa shape index (κ2) is 8.19. The van der Waals surface area contributed by atoms with Gasteiger partial charge in [0.25, 0.3) is 0 Å². The van der Waals surface area contributed by atoms with Gasteiger partial charge in [-0.05, 0) is 36.8 Å². The molecule has 1 aliphatic rings. The predicted molar refractivity (Wildman–Crippen MR) is 108 cm³/mol. The molecule has 0 aliphatic carbocycles. The van der Waals surface area contributed by atoms with E-state index in [1.54, 1.807) is 42.5 Å². The molecule has 0 spiro atoms. The number of carbonyl (C=O) groups excluding carboxylic acids is 2. The lowest BCUT2D eigenvalue weighted by atomic mass is 9.98. The number of esters is 1. The van der Waals surface area contributed by atoms with Crippen LogP contribution in [0.4, 0.5) is 0 Å². The molecule has 5 nitrogen and oxygen atoms in total. The largest absolute Gasteiger partial charge is 0.486 e.